The van der Waals surface area contributed by atoms with Crippen LogP contribution in [0, 0.1) is 5.82 Å². The van der Waals surface area contributed by atoms with Gasteiger partial charge in [-0.25, -0.2) is 12.8 Å². The van der Waals surface area contributed by atoms with Crippen LogP contribution in [-0.2, 0) is 20.4 Å². The van der Waals surface area contributed by atoms with Gasteiger partial charge in [0.25, 0.3) is 0 Å². The molecule has 1 aromatic carbocycles. The minimum atomic E-state index is -3.75. The number of sulfone groups is 1. The highest BCUT2D eigenvalue weighted by Gasteiger charge is 2.21. The van der Waals surface area contributed by atoms with Crippen molar-refractivity contribution in [1.29, 1.82) is 0 Å². The van der Waals surface area contributed by atoms with Crippen LogP contribution in [0.25, 0.3) is 6.08 Å². The van der Waals surface area contributed by atoms with Crippen molar-refractivity contribution in [2.45, 2.75) is 10.1 Å². The number of rotatable bonds is 6. The number of amides is 1. The number of benzene rings is 1. The number of anilines is 1. The highest BCUT2D eigenvalue weighted by atomic mass is 32.2. The standard InChI is InChI=1S/C16H12FN3O4S2/c17-12-5-3-11(4-6-12)10-26(22,23)16-20-19-15(25-16)18-14(21)8-7-13-2-1-9-24-13/h1-9H,10H2,(H,18,19,21). The lowest BCUT2D eigenvalue weighted by atomic mass is 10.2. The highest BCUT2D eigenvalue weighted by Crippen LogP contribution is 2.23. The van der Waals surface area contributed by atoms with Crippen LogP contribution in [0.4, 0.5) is 9.52 Å². The number of hydrogen-bond acceptors (Lipinski definition) is 7. The van der Waals surface area contributed by atoms with E-state index in [1.54, 1.807) is 12.1 Å². The minimum absolute atomic E-state index is 0.0526. The van der Waals surface area contributed by atoms with E-state index in [2.05, 4.69) is 15.5 Å². The number of nitrogens with zero attached hydrogens (tertiary/aromatic N) is 2. The van der Waals surface area contributed by atoms with Gasteiger partial charge in [0.2, 0.25) is 25.2 Å². The van der Waals surface area contributed by atoms with Gasteiger partial charge in [-0.2, -0.15) is 0 Å². The molecule has 10 heteroatoms. The van der Waals surface area contributed by atoms with E-state index < -0.39 is 21.6 Å². The second kappa shape index (κ2) is 7.58. The van der Waals surface area contributed by atoms with Crippen molar-refractivity contribution in [1.82, 2.24) is 10.2 Å². The predicted molar refractivity (Wildman–Crippen MR) is 93.6 cm³/mol. The van der Waals surface area contributed by atoms with Gasteiger partial charge >= 0.3 is 0 Å². The molecule has 0 saturated heterocycles. The first-order valence-electron chi connectivity index (χ1n) is 7.26. The lowest BCUT2D eigenvalue weighted by Gasteiger charge is -2.00. The van der Waals surface area contributed by atoms with Gasteiger partial charge in [0.1, 0.15) is 11.6 Å². The largest absolute Gasteiger partial charge is 0.465 e. The SMILES string of the molecule is O=C(C=Cc1ccco1)Nc1nnc(S(=O)(=O)Cc2ccc(F)cc2)s1. The molecule has 3 aromatic rings. The van der Waals surface area contributed by atoms with Gasteiger partial charge in [-0.3, -0.25) is 10.1 Å². The zero-order chi connectivity index (χ0) is 18.6. The number of aromatic nitrogens is 2. The molecular weight excluding hydrogens is 381 g/mol. The smallest absolute Gasteiger partial charge is 0.250 e. The lowest BCUT2D eigenvalue weighted by molar-refractivity contribution is -0.111. The maximum absolute atomic E-state index is 12.9. The Kier molecular flexibility index (Phi) is 5.24. The van der Waals surface area contributed by atoms with Gasteiger partial charge in [-0.05, 0) is 35.9 Å². The first kappa shape index (κ1) is 18.0. The summed E-state index contributed by atoms with van der Waals surface area (Å²) < 4.78 is 42.4. The number of halogens is 1. The normalized spacial score (nSPS) is 11.7. The first-order valence-corrected chi connectivity index (χ1v) is 9.72. The summed E-state index contributed by atoms with van der Waals surface area (Å²) in [7, 11) is -3.75. The molecule has 0 saturated carbocycles. The van der Waals surface area contributed by atoms with E-state index in [9.17, 15) is 17.6 Å². The lowest BCUT2D eigenvalue weighted by Crippen LogP contribution is -2.07. The van der Waals surface area contributed by atoms with Crippen LogP contribution < -0.4 is 5.32 Å². The van der Waals surface area contributed by atoms with E-state index in [1.165, 1.54) is 42.7 Å². The Labute approximate surface area is 152 Å². The fourth-order valence-electron chi connectivity index (χ4n) is 1.94. The molecule has 2 aromatic heterocycles. The first-order chi connectivity index (χ1) is 12.4. The number of carbonyl (C=O) groups excluding carboxylic acids is 1. The molecule has 3 rings (SSSR count). The van der Waals surface area contributed by atoms with Crippen molar-refractivity contribution in [2.24, 2.45) is 0 Å². The van der Waals surface area contributed by atoms with E-state index in [-0.39, 0.29) is 15.2 Å². The second-order valence-electron chi connectivity index (χ2n) is 5.10. The molecule has 0 fully saturated rings. The second-order valence-corrected chi connectivity index (χ2v) is 8.24. The summed E-state index contributed by atoms with van der Waals surface area (Å²) in [5.41, 5.74) is 0.425. The zero-order valence-electron chi connectivity index (χ0n) is 13.1. The molecule has 0 atom stereocenters. The van der Waals surface area contributed by atoms with Gasteiger partial charge in [0.15, 0.2) is 0 Å². The Morgan fingerprint density at radius 1 is 1.23 bits per heavy atom. The van der Waals surface area contributed by atoms with E-state index >= 15 is 0 Å². The monoisotopic (exact) mass is 393 g/mol. The minimum Gasteiger partial charge on any atom is -0.465 e. The van der Waals surface area contributed by atoms with E-state index in [0.717, 1.165) is 11.3 Å². The number of furan rings is 1. The Morgan fingerprint density at radius 2 is 2.00 bits per heavy atom. The molecule has 0 aliphatic heterocycles. The Morgan fingerprint density at radius 3 is 2.69 bits per heavy atom. The van der Waals surface area contributed by atoms with Crippen molar-refractivity contribution < 1.29 is 22.0 Å². The average molecular weight is 393 g/mol. The van der Waals surface area contributed by atoms with Crippen LogP contribution in [0.1, 0.15) is 11.3 Å². The van der Waals surface area contributed by atoms with E-state index in [1.807, 2.05) is 0 Å². The van der Waals surface area contributed by atoms with Gasteiger partial charge in [-0.15, -0.1) is 10.2 Å². The molecule has 0 bridgehead atoms. The molecule has 0 unspecified atom stereocenters. The molecular formula is C16H12FN3O4S2. The maximum atomic E-state index is 12.9. The highest BCUT2D eigenvalue weighted by molar-refractivity contribution is 7.92. The molecule has 26 heavy (non-hydrogen) atoms. The van der Waals surface area contributed by atoms with Crippen LogP contribution in [0.15, 0.2) is 57.5 Å². The van der Waals surface area contributed by atoms with Gasteiger partial charge in [0, 0.05) is 6.08 Å². The van der Waals surface area contributed by atoms with Crippen molar-refractivity contribution in [2.75, 3.05) is 5.32 Å². The third kappa shape index (κ3) is 4.61. The average Bonchev–Trinajstić information content (AvgIpc) is 3.27. The zero-order valence-corrected chi connectivity index (χ0v) is 14.8. The van der Waals surface area contributed by atoms with Crippen LogP contribution in [0.2, 0.25) is 0 Å². The van der Waals surface area contributed by atoms with Crippen molar-refractivity contribution in [3.05, 3.63) is 65.9 Å². The molecule has 134 valence electrons. The topological polar surface area (TPSA) is 102 Å². The molecule has 7 nitrogen and oxygen atoms in total. The van der Waals surface area contributed by atoms with Gasteiger partial charge in [0.05, 0.1) is 12.0 Å². The molecule has 0 aliphatic rings. The van der Waals surface area contributed by atoms with Gasteiger partial charge in [-0.1, -0.05) is 23.5 Å². The summed E-state index contributed by atoms with van der Waals surface area (Å²) in [4.78, 5) is 11.8. The summed E-state index contributed by atoms with van der Waals surface area (Å²) >= 11 is 0.740. The molecule has 0 spiro atoms. The van der Waals surface area contributed by atoms with Crippen LogP contribution >= 0.6 is 11.3 Å². The van der Waals surface area contributed by atoms with Crippen LogP contribution in [-0.4, -0.2) is 24.5 Å². The molecule has 1 amide bonds. The number of hydrogen-bond donors (Lipinski definition) is 1. The third-order valence-corrected chi connectivity index (χ3v) is 6.09. The summed E-state index contributed by atoms with van der Waals surface area (Å²) in [5.74, 6) is -0.788. The van der Waals surface area contributed by atoms with Gasteiger partial charge < -0.3 is 4.42 Å². The Balaban J connectivity index is 1.66. The van der Waals surface area contributed by atoms with Crippen molar-refractivity contribution in [3.8, 4) is 0 Å². The molecule has 0 aliphatic carbocycles. The fourth-order valence-corrected chi connectivity index (χ4v) is 4.26. The molecule has 1 N–H and O–H groups in total. The fraction of sp³-hybridized carbons (Fsp3) is 0.0625. The third-order valence-electron chi connectivity index (χ3n) is 3.11. The number of carbonyl (C=O) groups is 1. The van der Waals surface area contributed by atoms with E-state index in [0.29, 0.717) is 11.3 Å². The Hall–Kier alpha value is -2.85. The van der Waals surface area contributed by atoms with Crippen molar-refractivity contribution >= 4 is 38.3 Å². The molecule has 2 heterocycles. The number of nitrogens with one attached hydrogen (secondary N) is 1. The van der Waals surface area contributed by atoms with Crippen LogP contribution in [0.3, 0.4) is 0 Å². The molecule has 0 radical (unpaired) electrons. The summed E-state index contributed by atoms with van der Waals surface area (Å²) in [6, 6.07) is 8.49. The quantitative estimate of drug-likeness (QED) is 0.510. The predicted octanol–water partition coefficient (Wildman–Crippen LogP) is 2.90. The van der Waals surface area contributed by atoms with Crippen LogP contribution in [0.5, 0.6) is 0 Å². The summed E-state index contributed by atoms with van der Waals surface area (Å²) in [6.07, 6.45) is 4.16. The summed E-state index contributed by atoms with van der Waals surface area (Å²) in [6.45, 7) is 0. The van der Waals surface area contributed by atoms with Crippen molar-refractivity contribution in [3.63, 3.8) is 0 Å². The maximum Gasteiger partial charge on any atom is 0.250 e. The Bertz CT molecular complexity index is 1030. The van der Waals surface area contributed by atoms with E-state index in [4.69, 9.17) is 4.42 Å². The summed E-state index contributed by atoms with van der Waals surface area (Å²) in [5, 5.41) is 9.76.